The summed E-state index contributed by atoms with van der Waals surface area (Å²) in [5, 5.41) is 3.74. The fourth-order valence-corrected chi connectivity index (χ4v) is 7.32. The number of rotatable bonds is 5. The molecule has 246 valence electrons. The average Bonchev–Trinajstić information content (AvgIpc) is 3.09. The van der Waals surface area contributed by atoms with Gasteiger partial charge in [-0.1, -0.05) is 18.2 Å². The van der Waals surface area contributed by atoms with Crippen LogP contribution in [0.5, 0.6) is 51.7 Å². The average molecular weight is 639 g/mol. The first-order valence-electron chi connectivity index (χ1n) is 16.1. The summed E-state index contributed by atoms with van der Waals surface area (Å²) in [5.41, 5.74) is 6.76. The number of hydrogen-bond acceptors (Lipinski definition) is 9. The van der Waals surface area contributed by atoms with Crippen LogP contribution >= 0.6 is 0 Å². The Balaban J connectivity index is 1.49. The van der Waals surface area contributed by atoms with E-state index in [4.69, 9.17) is 33.2 Å². The lowest BCUT2D eigenvalue weighted by atomic mass is 9.86. The summed E-state index contributed by atoms with van der Waals surface area (Å²) in [6.07, 6.45) is 3.13. The number of benzene rings is 4. The highest BCUT2D eigenvalue weighted by atomic mass is 16.6. The number of likely N-dealkylation sites (N-methyl/N-ethyl adjacent to an activating group) is 1. The Morgan fingerprint density at radius 2 is 1.43 bits per heavy atom. The molecule has 4 aliphatic heterocycles. The Kier molecular flexibility index (Phi) is 8.51. The SMILES string of the molecule is COc1ccc2cc1Oc1ccc(cc1)CC1NCCc3cc(OC)c(cc31)Oc1c(OC)c(OC)c(OC)c3c1C(C2)N(C)CC3. The minimum Gasteiger partial charge on any atom is -0.493 e. The second kappa shape index (κ2) is 12.9. The first kappa shape index (κ1) is 31.0. The molecule has 2 atom stereocenters. The van der Waals surface area contributed by atoms with Gasteiger partial charge in [-0.2, -0.15) is 0 Å². The van der Waals surface area contributed by atoms with Crippen LogP contribution in [0.2, 0.25) is 0 Å². The van der Waals surface area contributed by atoms with Crippen molar-refractivity contribution in [2.45, 2.75) is 37.8 Å². The van der Waals surface area contributed by atoms with Crippen molar-refractivity contribution in [1.29, 1.82) is 0 Å². The molecule has 4 aromatic rings. The Hall–Kier alpha value is -4.60. The molecule has 2 unspecified atom stereocenters. The van der Waals surface area contributed by atoms with Crippen molar-refractivity contribution in [3.63, 3.8) is 0 Å². The van der Waals surface area contributed by atoms with Gasteiger partial charge in [-0.3, -0.25) is 4.90 Å². The normalized spacial score (nSPS) is 18.5. The molecule has 4 aliphatic rings. The molecule has 47 heavy (non-hydrogen) atoms. The Labute approximate surface area is 276 Å². The smallest absolute Gasteiger partial charge is 0.208 e. The highest BCUT2D eigenvalue weighted by Crippen LogP contribution is 2.56. The number of methoxy groups -OCH3 is 5. The predicted octanol–water partition coefficient (Wildman–Crippen LogP) is 6.83. The molecule has 0 radical (unpaired) electrons. The van der Waals surface area contributed by atoms with E-state index >= 15 is 0 Å². The molecule has 0 saturated heterocycles. The maximum absolute atomic E-state index is 7.03. The number of fused-ring (bicyclic) bond motifs is 2. The van der Waals surface area contributed by atoms with Gasteiger partial charge in [-0.25, -0.2) is 0 Å². The summed E-state index contributed by atoms with van der Waals surface area (Å²) in [7, 11) is 10.4. The van der Waals surface area contributed by atoms with Gasteiger partial charge in [0.25, 0.3) is 0 Å². The molecule has 0 amide bonds. The maximum atomic E-state index is 7.03. The molecule has 0 spiro atoms. The van der Waals surface area contributed by atoms with Gasteiger partial charge in [-0.15, -0.1) is 0 Å². The molecule has 6 bridgehead atoms. The van der Waals surface area contributed by atoms with E-state index in [0.717, 1.165) is 54.8 Å². The quantitative estimate of drug-likeness (QED) is 0.253. The van der Waals surface area contributed by atoms with E-state index in [1.807, 2.05) is 18.2 Å². The van der Waals surface area contributed by atoms with Gasteiger partial charge in [-0.05, 0) is 97.9 Å². The molecule has 0 saturated carbocycles. The van der Waals surface area contributed by atoms with Gasteiger partial charge in [0.15, 0.2) is 34.5 Å². The molecule has 0 fully saturated rings. The van der Waals surface area contributed by atoms with Crippen LogP contribution in [0.25, 0.3) is 0 Å². The third-order valence-corrected chi connectivity index (χ3v) is 9.70. The molecular formula is C38H42N2O7. The summed E-state index contributed by atoms with van der Waals surface area (Å²) >= 11 is 0. The Morgan fingerprint density at radius 1 is 0.702 bits per heavy atom. The number of nitrogens with zero attached hydrogens (tertiary/aromatic N) is 1. The number of hydrogen-bond donors (Lipinski definition) is 1. The van der Waals surface area contributed by atoms with Gasteiger partial charge < -0.3 is 38.5 Å². The van der Waals surface area contributed by atoms with Gasteiger partial charge in [0.05, 0.1) is 35.5 Å². The Morgan fingerprint density at radius 3 is 2.15 bits per heavy atom. The van der Waals surface area contributed by atoms with Crippen molar-refractivity contribution in [1.82, 2.24) is 10.2 Å². The molecular weight excluding hydrogens is 596 g/mol. The van der Waals surface area contributed by atoms with E-state index in [1.54, 1.807) is 35.5 Å². The highest BCUT2D eigenvalue weighted by molar-refractivity contribution is 5.70. The zero-order valence-corrected chi connectivity index (χ0v) is 27.9. The maximum Gasteiger partial charge on any atom is 0.208 e. The van der Waals surface area contributed by atoms with Gasteiger partial charge >= 0.3 is 0 Å². The minimum absolute atomic E-state index is 0.0834. The summed E-state index contributed by atoms with van der Waals surface area (Å²) in [5.74, 6) is 5.63. The lowest BCUT2D eigenvalue weighted by molar-refractivity contribution is 0.216. The first-order chi connectivity index (χ1) is 23.0. The van der Waals surface area contributed by atoms with E-state index in [-0.39, 0.29) is 12.1 Å². The van der Waals surface area contributed by atoms with Crippen molar-refractivity contribution in [3.8, 4) is 51.7 Å². The van der Waals surface area contributed by atoms with Gasteiger partial charge in [0, 0.05) is 29.8 Å². The third-order valence-electron chi connectivity index (χ3n) is 9.70. The lowest BCUT2D eigenvalue weighted by Crippen LogP contribution is -2.34. The highest BCUT2D eigenvalue weighted by Gasteiger charge is 2.37. The van der Waals surface area contributed by atoms with E-state index in [2.05, 4.69) is 53.7 Å². The van der Waals surface area contributed by atoms with E-state index < -0.39 is 0 Å². The molecule has 4 heterocycles. The molecule has 1 N–H and O–H groups in total. The first-order valence-corrected chi connectivity index (χ1v) is 16.1. The monoisotopic (exact) mass is 638 g/mol. The molecule has 0 aromatic heterocycles. The van der Waals surface area contributed by atoms with Crippen molar-refractivity contribution in [2.24, 2.45) is 0 Å². The number of ether oxygens (including phenoxy) is 7. The largest absolute Gasteiger partial charge is 0.493 e. The van der Waals surface area contributed by atoms with Crippen LogP contribution in [0.15, 0.2) is 54.6 Å². The fourth-order valence-electron chi connectivity index (χ4n) is 7.32. The van der Waals surface area contributed by atoms with Crippen LogP contribution in [0.4, 0.5) is 0 Å². The van der Waals surface area contributed by atoms with Crippen molar-refractivity contribution in [2.75, 3.05) is 55.7 Å². The zero-order valence-electron chi connectivity index (χ0n) is 27.9. The molecule has 9 heteroatoms. The molecule has 8 rings (SSSR count). The van der Waals surface area contributed by atoms with E-state index in [0.29, 0.717) is 52.4 Å². The summed E-state index contributed by atoms with van der Waals surface area (Å²) < 4.78 is 43.2. The fraction of sp³-hybridized carbons (Fsp3) is 0.368. The van der Waals surface area contributed by atoms with Gasteiger partial charge in [0.1, 0.15) is 5.75 Å². The van der Waals surface area contributed by atoms with Crippen LogP contribution in [0.3, 0.4) is 0 Å². The second-order valence-electron chi connectivity index (χ2n) is 12.3. The van der Waals surface area contributed by atoms with Crippen LogP contribution in [0, 0.1) is 0 Å². The van der Waals surface area contributed by atoms with Crippen LogP contribution < -0.4 is 38.5 Å². The van der Waals surface area contributed by atoms with Crippen LogP contribution in [-0.2, 0) is 25.7 Å². The standard InChI is InChI=1S/C38H42N2O7/c1-40-16-14-26-34-29(40)18-23-9-12-30(41-2)32(19-23)46-25-10-7-22(8-11-25)17-28-27-21-33(31(42-3)20-24(27)13-15-39-28)47-36(34)38(45-6)37(44-5)35(26)43-4/h7-12,19-21,28-29,39H,13-18H2,1-6H3. The van der Waals surface area contributed by atoms with Gasteiger partial charge in [0.2, 0.25) is 11.5 Å². The Bertz CT molecular complexity index is 1790. The summed E-state index contributed by atoms with van der Waals surface area (Å²) in [6.45, 7) is 1.70. The van der Waals surface area contributed by atoms with Crippen LogP contribution in [-0.4, -0.2) is 60.6 Å². The van der Waals surface area contributed by atoms with Crippen LogP contribution in [0.1, 0.15) is 45.5 Å². The second-order valence-corrected chi connectivity index (χ2v) is 12.3. The lowest BCUT2D eigenvalue weighted by Gasteiger charge is -2.38. The van der Waals surface area contributed by atoms with E-state index in [1.165, 1.54) is 16.7 Å². The summed E-state index contributed by atoms with van der Waals surface area (Å²) in [6, 6.07) is 18.7. The van der Waals surface area contributed by atoms with Crippen molar-refractivity contribution >= 4 is 0 Å². The third kappa shape index (κ3) is 5.57. The molecule has 4 aromatic carbocycles. The predicted molar refractivity (Wildman–Crippen MR) is 180 cm³/mol. The summed E-state index contributed by atoms with van der Waals surface area (Å²) in [4.78, 5) is 2.35. The zero-order chi connectivity index (χ0) is 32.7. The molecule has 0 aliphatic carbocycles. The van der Waals surface area contributed by atoms with Crippen molar-refractivity contribution in [3.05, 3.63) is 88.0 Å². The minimum atomic E-state index is -0.0834. The van der Waals surface area contributed by atoms with Crippen molar-refractivity contribution < 1.29 is 33.2 Å². The molecule has 9 nitrogen and oxygen atoms in total. The topological polar surface area (TPSA) is 79.9 Å². The van der Waals surface area contributed by atoms with E-state index in [9.17, 15) is 0 Å². The number of nitrogens with one attached hydrogen (secondary N) is 1.